The van der Waals surface area contributed by atoms with Crippen molar-refractivity contribution in [3.63, 3.8) is 0 Å². The summed E-state index contributed by atoms with van der Waals surface area (Å²) in [5.41, 5.74) is 2.29. The third-order valence-corrected chi connectivity index (χ3v) is 3.60. The van der Waals surface area contributed by atoms with E-state index in [1.165, 1.54) is 13.0 Å². The molecule has 1 aromatic rings. The predicted octanol–water partition coefficient (Wildman–Crippen LogP) is -2.92. The van der Waals surface area contributed by atoms with E-state index in [4.69, 9.17) is 26.2 Å². The summed E-state index contributed by atoms with van der Waals surface area (Å²) in [4.78, 5) is 15.6. The van der Waals surface area contributed by atoms with Gasteiger partial charge in [-0.15, -0.1) is 0 Å². The molecule has 4 atom stereocenters. The zero-order valence-electron chi connectivity index (χ0n) is 12.7. The molecular formula is C13H14B2FN3O5. The van der Waals surface area contributed by atoms with Crippen molar-refractivity contribution in [1.82, 2.24) is 9.55 Å². The van der Waals surface area contributed by atoms with Gasteiger partial charge in [0.2, 0.25) is 0 Å². The molecule has 0 saturated carbocycles. The van der Waals surface area contributed by atoms with E-state index in [1.807, 2.05) is 5.92 Å². The largest absolute Gasteiger partial charge is 0.406 e. The lowest BCUT2D eigenvalue weighted by Gasteiger charge is -2.29. The van der Waals surface area contributed by atoms with Gasteiger partial charge in [-0.25, -0.2) is 9.18 Å². The van der Waals surface area contributed by atoms with Crippen LogP contribution in [-0.2, 0) is 4.74 Å². The molecule has 8 nitrogen and oxygen atoms in total. The number of hydrogen-bond acceptors (Lipinski definition) is 7. The fourth-order valence-corrected chi connectivity index (χ4v) is 2.54. The predicted molar refractivity (Wildman–Crippen MR) is 82.7 cm³/mol. The summed E-state index contributed by atoms with van der Waals surface area (Å²) in [5.74, 6) is 3.97. The number of aryl methyl sites for hydroxylation is 1. The summed E-state index contributed by atoms with van der Waals surface area (Å²) in [5, 5.41) is 28.1. The molecule has 0 amide bonds. The highest BCUT2D eigenvalue weighted by molar-refractivity contribution is 6.39. The van der Waals surface area contributed by atoms with Crippen molar-refractivity contribution in [2.45, 2.75) is 36.4 Å². The van der Waals surface area contributed by atoms with E-state index >= 15 is 0 Å². The van der Waals surface area contributed by atoms with Crippen molar-refractivity contribution >= 4 is 21.5 Å². The lowest BCUT2D eigenvalue weighted by atomic mass is 9.60. The Labute approximate surface area is 139 Å². The smallest absolute Gasteiger partial charge is 0.351 e. The molecule has 2 heterocycles. The van der Waals surface area contributed by atoms with E-state index in [0.717, 1.165) is 4.57 Å². The second-order valence-electron chi connectivity index (χ2n) is 5.48. The molecule has 0 bridgehead atoms. The Morgan fingerprint density at radius 1 is 1.62 bits per heavy atom. The second-order valence-corrected chi connectivity index (χ2v) is 5.48. The zero-order chi connectivity index (χ0) is 18.3. The molecule has 1 fully saturated rings. The van der Waals surface area contributed by atoms with Crippen LogP contribution in [0.4, 0.5) is 10.2 Å². The van der Waals surface area contributed by atoms with Crippen LogP contribution in [0.3, 0.4) is 0 Å². The molecule has 1 saturated heterocycles. The molecule has 0 spiro atoms. The minimum absolute atomic E-state index is 0.0728. The normalized spacial score (nSPS) is 30.0. The van der Waals surface area contributed by atoms with Crippen LogP contribution < -0.4 is 11.4 Å². The number of nitrogens with zero attached hydrogens (tertiary/aromatic N) is 2. The molecule has 11 heteroatoms. The van der Waals surface area contributed by atoms with Gasteiger partial charge >= 0.3 is 5.69 Å². The maximum atomic E-state index is 12.4. The van der Waals surface area contributed by atoms with Gasteiger partial charge in [-0.2, -0.15) is 4.98 Å². The maximum Gasteiger partial charge on any atom is 0.351 e. The topological polar surface area (TPSA) is 131 Å². The number of anilines is 1. The standard InChI is InChI=1S/C13H14B2FN3O5/c1-6-5-7(17)18-11(21)19(6)10-12(22,3-2-4-16)8(20)9(24-10)13(14,15)23/h5,8-10,20,22-23H,4H2,1H3,(H2,17,18,21)/t8?,9?,10-,12-/m1/s1. The number of alkyl halides is 1. The monoisotopic (exact) mass is 333 g/mol. The number of aliphatic hydroxyl groups is 3. The number of nitrogen functional groups attached to an aromatic ring is 1. The molecule has 1 aromatic heterocycles. The first-order valence-electron chi connectivity index (χ1n) is 6.80. The van der Waals surface area contributed by atoms with E-state index in [1.54, 1.807) is 0 Å². The van der Waals surface area contributed by atoms with Crippen molar-refractivity contribution in [3.05, 3.63) is 22.2 Å². The van der Waals surface area contributed by atoms with Crippen LogP contribution in [0.2, 0.25) is 0 Å². The van der Waals surface area contributed by atoms with Crippen LogP contribution >= 0.6 is 0 Å². The summed E-state index contributed by atoms with van der Waals surface area (Å²) >= 11 is 0. The highest BCUT2D eigenvalue weighted by atomic mass is 19.1. The van der Waals surface area contributed by atoms with Crippen LogP contribution in [-0.4, -0.2) is 70.4 Å². The van der Waals surface area contributed by atoms with Crippen LogP contribution in [0.25, 0.3) is 0 Å². The second kappa shape index (κ2) is 6.22. The van der Waals surface area contributed by atoms with Crippen molar-refractivity contribution in [3.8, 4) is 11.8 Å². The summed E-state index contributed by atoms with van der Waals surface area (Å²) in [6, 6.07) is 1.31. The summed E-state index contributed by atoms with van der Waals surface area (Å²) in [6.45, 7) is 0.332. The van der Waals surface area contributed by atoms with E-state index in [-0.39, 0.29) is 11.5 Å². The van der Waals surface area contributed by atoms with Crippen molar-refractivity contribution in [1.29, 1.82) is 0 Å². The van der Waals surface area contributed by atoms with Crippen LogP contribution in [0.15, 0.2) is 10.9 Å². The van der Waals surface area contributed by atoms with Gasteiger partial charge < -0.3 is 25.8 Å². The van der Waals surface area contributed by atoms with Crippen molar-refractivity contribution in [2.24, 2.45) is 0 Å². The number of aliphatic hydroxyl groups excluding tert-OH is 1. The number of rotatable bonds is 2. The molecule has 124 valence electrons. The first kappa shape index (κ1) is 18.5. The maximum absolute atomic E-state index is 12.4. The van der Waals surface area contributed by atoms with Gasteiger partial charge in [0.25, 0.3) is 0 Å². The summed E-state index contributed by atoms with van der Waals surface area (Å²) in [7, 11) is 10.6. The van der Waals surface area contributed by atoms with Crippen molar-refractivity contribution in [2.75, 3.05) is 12.4 Å². The summed E-state index contributed by atoms with van der Waals surface area (Å²) < 4.78 is 18.6. The fourth-order valence-electron chi connectivity index (χ4n) is 2.54. The van der Waals surface area contributed by atoms with E-state index in [9.17, 15) is 24.5 Å². The Kier molecular flexibility index (Phi) is 4.79. The molecule has 5 N–H and O–H groups in total. The van der Waals surface area contributed by atoms with Gasteiger partial charge in [-0.05, 0) is 13.0 Å². The number of hydrogen-bond donors (Lipinski definition) is 4. The summed E-state index contributed by atoms with van der Waals surface area (Å²) in [6.07, 6.45) is -5.31. The highest BCUT2D eigenvalue weighted by Crippen LogP contribution is 2.40. The minimum atomic E-state index is -2.56. The van der Waals surface area contributed by atoms with Crippen LogP contribution in [0.1, 0.15) is 11.9 Å². The molecule has 24 heavy (non-hydrogen) atoms. The van der Waals surface area contributed by atoms with Crippen LogP contribution in [0.5, 0.6) is 0 Å². The minimum Gasteiger partial charge on any atom is -0.406 e. The molecule has 1 aliphatic rings. The Bertz CT molecular complexity index is 757. The van der Waals surface area contributed by atoms with Gasteiger partial charge in [0.15, 0.2) is 11.8 Å². The zero-order valence-corrected chi connectivity index (χ0v) is 12.7. The third-order valence-electron chi connectivity index (χ3n) is 3.60. The molecule has 0 aromatic carbocycles. The molecule has 4 radical (unpaired) electrons. The van der Waals surface area contributed by atoms with Crippen LogP contribution in [0, 0.1) is 18.8 Å². The number of halogens is 1. The molecule has 2 rings (SSSR count). The Hall–Kier alpha value is -1.86. The first-order chi connectivity index (χ1) is 11.0. The van der Waals surface area contributed by atoms with Crippen molar-refractivity contribution < 1.29 is 24.4 Å². The number of ether oxygens (including phenoxy) is 1. The number of nitrogens with two attached hydrogens (primary N) is 1. The average molecular weight is 333 g/mol. The fraction of sp³-hybridized carbons (Fsp3) is 0.538. The lowest BCUT2D eigenvalue weighted by Crippen LogP contribution is -2.54. The van der Waals surface area contributed by atoms with Gasteiger partial charge in [-0.1, -0.05) is 11.8 Å². The third kappa shape index (κ3) is 3.06. The first-order valence-corrected chi connectivity index (χ1v) is 6.80. The van der Waals surface area contributed by atoms with E-state index in [2.05, 4.69) is 10.9 Å². The lowest BCUT2D eigenvalue weighted by molar-refractivity contribution is -0.0870. The van der Waals surface area contributed by atoms with Gasteiger partial charge in [0.05, 0.1) is 0 Å². The molecule has 2 unspecified atom stereocenters. The van der Waals surface area contributed by atoms with E-state index in [0.29, 0.717) is 0 Å². The SMILES string of the molecule is [B]C([B])(O)C1O[C@@H](n2c(C)cc(N)nc2=O)[C@@](O)(C#CCF)C1O. The Morgan fingerprint density at radius 2 is 2.25 bits per heavy atom. The Morgan fingerprint density at radius 3 is 2.75 bits per heavy atom. The Balaban J connectivity index is 2.64. The van der Waals surface area contributed by atoms with Gasteiger partial charge in [0, 0.05) is 11.1 Å². The highest BCUT2D eigenvalue weighted by Gasteiger charge is 2.59. The average Bonchev–Trinajstić information content (AvgIpc) is 2.69. The molecular weight excluding hydrogens is 319 g/mol. The molecule has 1 aliphatic heterocycles. The van der Waals surface area contributed by atoms with Gasteiger partial charge in [-0.3, -0.25) is 4.57 Å². The van der Waals surface area contributed by atoms with E-state index < -0.39 is 41.8 Å². The molecule has 0 aliphatic carbocycles. The number of aromatic nitrogens is 2. The van der Waals surface area contributed by atoms with Gasteiger partial charge in [0.1, 0.15) is 40.4 Å². The quantitative estimate of drug-likeness (QED) is 0.337.